The zero-order valence-electron chi connectivity index (χ0n) is 10.2. The van der Waals surface area contributed by atoms with Crippen LogP contribution in [0.15, 0.2) is 28.9 Å². The van der Waals surface area contributed by atoms with Crippen LogP contribution in [0.5, 0.6) is 0 Å². The van der Waals surface area contributed by atoms with Crippen molar-refractivity contribution in [3.8, 4) is 17.1 Å². The molecule has 0 unspecified atom stereocenters. The first kappa shape index (κ1) is 12.7. The number of nitrogens with two attached hydrogens (primary N) is 1. The van der Waals surface area contributed by atoms with Crippen molar-refractivity contribution < 1.29 is 18.9 Å². The molecule has 3 aromatic rings. The molecule has 0 radical (unpaired) electrons. The number of carboxylic acid groups (broad SMARTS) is 1. The average Bonchev–Trinajstić information content (AvgIpc) is 3.05. The first-order valence-corrected chi connectivity index (χ1v) is 5.59. The highest BCUT2D eigenvalue weighted by molar-refractivity contribution is 5.91. The number of hydrogen-bond acceptors (Lipinski definition) is 8. The monoisotopic (exact) mass is 289 g/mol. The summed E-state index contributed by atoms with van der Waals surface area (Å²) in [5.74, 6) is -2.16. The molecule has 0 bridgehead atoms. The van der Waals surface area contributed by atoms with Crippen molar-refractivity contribution in [2.45, 2.75) is 0 Å². The standard InChI is InChI=1S/C11H7FN6O3/c12-6-3-1-5(2-4-6)8-7(11(19)20)14-17-18(8)10-9(13)15-21-16-10/h1-4H,(H2,13,15)(H,19,20)/p-1. The van der Waals surface area contributed by atoms with Crippen LogP contribution in [0.3, 0.4) is 0 Å². The Morgan fingerprint density at radius 2 is 2.00 bits per heavy atom. The Hall–Kier alpha value is -3.30. The predicted octanol–water partition coefficient (Wildman–Crippen LogP) is -0.598. The molecule has 0 aliphatic heterocycles. The SMILES string of the molecule is Nc1nonc1-n1nnc(C(=O)[O-])c1-c1ccc(F)cc1. The van der Waals surface area contributed by atoms with E-state index >= 15 is 0 Å². The van der Waals surface area contributed by atoms with Gasteiger partial charge in [0.1, 0.15) is 17.2 Å². The zero-order valence-corrected chi connectivity index (χ0v) is 10.2. The number of nitrogen functional groups attached to an aromatic ring is 1. The Morgan fingerprint density at radius 1 is 1.29 bits per heavy atom. The highest BCUT2D eigenvalue weighted by atomic mass is 19.1. The van der Waals surface area contributed by atoms with E-state index in [0.717, 1.165) is 16.8 Å². The molecule has 0 aliphatic rings. The van der Waals surface area contributed by atoms with Gasteiger partial charge >= 0.3 is 0 Å². The molecule has 2 aromatic heterocycles. The van der Waals surface area contributed by atoms with Gasteiger partial charge in [-0.15, -0.1) is 5.10 Å². The molecule has 0 fully saturated rings. The number of halogens is 1. The van der Waals surface area contributed by atoms with E-state index in [2.05, 4.69) is 25.3 Å². The molecule has 0 aliphatic carbocycles. The number of anilines is 1. The molecule has 0 amide bonds. The van der Waals surface area contributed by atoms with Crippen LogP contribution in [-0.4, -0.2) is 31.3 Å². The van der Waals surface area contributed by atoms with Gasteiger partial charge in [0.2, 0.25) is 11.6 Å². The lowest BCUT2D eigenvalue weighted by molar-refractivity contribution is -0.255. The molecule has 2 N–H and O–H groups in total. The topological polar surface area (TPSA) is 136 Å². The number of carbonyl (C=O) groups is 1. The van der Waals surface area contributed by atoms with Gasteiger partial charge < -0.3 is 15.6 Å². The molecular formula is C11H6FN6O3-. The summed E-state index contributed by atoms with van der Waals surface area (Å²) in [6.45, 7) is 0. The number of benzene rings is 1. The lowest BCUT2D eigenvalue weighted by atomic mass is 10.1. The lowest BCUT2D eigenvalue weighted by Crippen LogP contribution is -2.23. The molecule has 2 heterocycles. The summed E-state index contributed by atoms with van der Waals surface area (Å²) in [7, 11) is 0. The Bertz CT molecular complexity index is 810. The van der Waals surface area contributed by atoms with Gasteiger partial charge in [0.25, 0.3) is 0 Å². The second kappa shape index (κ2) is 4.67. The minimum atomic E-state index is -1.55. The van der Waals surface area contributed by atoms with Crippen molar-refractivity contribution >= 4 is 11.8 Å². The normalized spacial score (nSPS) is 10.7. The number of hydrogen-bond donors (Lipinski definition) is 1. The summed E-state index contributed by atoms with van der Waals surface area (Å²) in [5, 5.41) is 25.2. The van der Waals surface area contributed by atoms with Crippen molar-refractivity contribution in [2.24, 2.45) is 0 Å². The minimum absolute atomic E-state index is 0.0254. The van der Waals surface area contributed by atoms with E-state index in [0.29, 0.717) is 5.56 Å². The van der Waals surface area contributed by atoms with Gasteiger partial charge in [-0.1, -0.05) is 5.21 Å². The van der Waals surface area contributed by atoms with E-state index < -0.39 is 17.5 Å². The third-order valence-corrected chi connectivity index (χ3v) is 2.68. The summed E-state index contributed by atoms with van der Waals surface area (Å²) in [5.41, 5.74) is 5.47. The van der Waals surface area contributed by atoms with Crippen LogP contribution >= 0.6 is 0 Å². The quantitative estimate of drug-likeness (QED) is 0.675. The third-order valence-electron chi connectivity index (χ3n) is 2.68. The van der Waals surface area contributed by atoms with E-state index in [1.807, 2.05) is 0 Å². The van der Waals surface area contributed by atoms with Crippen molar-refractivity contribution in [3.63, 3.8) is 0 Å². The summed E-state index contributed by atoms with van der Waals surface area (Å²) in [6.07, 6.45) is 0. The molecule has 0 saturated carbocycles. The summed E-state index contributed by atoms with van der Waals surface area (Å²) >= 11 is 0. The Labute approximate surface area is 115 Å². The molecule has 3 rings (SSSR count). The van der Waals surface area contributed by atoms with Gasteiger partial charge in [-0.05, 0) is 34.6 Å². The summed E-state index contributed by atoms with van der Waals surface area (Å²) < 4.78 is 18.5. The number of nitrogens with zero attached hydrogens (tertiary/aromatic N) is 5. The van der Waals surface area contributed by atoms with Crippen molar-refractivity contribution in [1.29, 1.82) is 0 Å². The highest BCUT2D eigenvalue weighted by Gasteiger charge is 2.21. The number of carbonyl (C=O) groups excluding carboxylic acids is 1. The van der Waals surface area contributed by atoms with Crippen molar-refractivity contribution in [1.82, 2.24) is 25.3 Å². The highest BCUT2D eigenvalue weighted by Crippen LogP contribution is 2.26. The van der Waals surface area contributed by atoms with Gasteiger partial charge in [0.15, 0.2) is 0 Å². The van der Waals surface area contributed by atoms with Gasteiger partial charge in [-0.2, -0.15) is 4.68 Å². The first-order valence-electron chi connectivity index (χ1n) is 5.59. The Kier molecular flexibility index (Phi) is 2.83. The Balaban J connectivity index is 2.25. The number of aromatic nitrogens is 5. The lowest BCUT2D eigenvalue weighted by Gasteiger charge is -2.06. The maximum Gasteiger partial charge on any atom is 0.243 e. The van der Waals surface area contributed by atoms with Crippen LogP contribution in [0.25, 0.3) is 17.1 Å². The predicted molar refractivity (Wildman–Crippen MR) is 63.4 cm³/mol. The first-order chi connectivity index (χ1) is 10.1. The maximum atomic E-state index is 13.0. The molecule has 10 heteroatoms. The second-order valence-electron chi connectivity index (χ2n) is 3.97. The van der Waals surface area contributed by atoms with E-state index in [4.69, 9.17) is 5.73 Å². The maximum absolute atomic E-state index is 13.0. The molecule has 0 saturated heterocycles. The molecule has 1 aromatic carbocycles. The molecule has 9 nitrogen and oxygen atoms in total. The largest absolute Gasteiger partial charge is 0.543 e. The molecule has 21 heavy (non-hydrogen) atoms. The minimum Gasteiger partial charge on any atom is -0.543 e. The van der Waals surface area contributed by atoms with E-state index in [9.17, 15) is 14.3 Å². The summed E-state index contributed by atoms with van der Waals surface area (Å²) in [4.78, 5) is 11.1. The molecular weight excluding hydrogens is 283 g/mol. The van der Waals surface area contributed by atoms with Gasteiger partial charge in [0.05, 0.1) is 5.97 Å². The van der Waals surface area contributed by atoms with Gasteiger partial charge in [-0.25, -0.2) is 9.02 Å². The van der Waals surface area contributed by atoms with E-state index in [-0.39, 0.29) is 17.3 Å². The van der Waals surface area contributed by atoms with Crippen LogP contribution in [-0.2, 0) is 0 Å². The second-order valence-corrected chi connectivity index (χ2v) is 3.97. The molecule has 0 spiro atoms. The third kappa shape index (κ3) is 2.08. The van der Waals surface area contributed by atoms with Crippen LogP contribution in [0, 0.1) is 5.82 Å². The van der Waals surface area contributed by atoms with E-state index in [1.54, 1.807) is 0 Å². The number of rotatable bonds is 3. The fraction of sp³-hybridized carbons (Fsp3) is 0. The van der Waals surface area contributed by atoms with Crippen LogP contribution in [0.1, 0.15) is 10.5 Å². The number of carboxylic acids is 1. The van der Waals surface area contributed by atoms with Gasteiger partial charge in [0, 0.05) is 5.56 Å². The van der Waals surface area contributed by atoms with Crippen molar-refractivity contribution in [2.75, 3.05) is 5.73 Å². The smallest absolute Gasteiger partial charge is 0.243 e. The Morgan fingerprint density at radius 3 is 2.57 bits per heavy atom. The van der Waals surface area contributed by atoms with Gasteiger partial charge in [-0.3, -0.25) is 0 Å². The molecule has 106 valence electrons. The molecule has 0 atom stereocenters. The van der Waals surface area contributed by atoms with Crippen LogP contribution in [0.4, 0.5) is 10.2 Å². The van der Waals surface area contributed by atoms with E-state index in [1.165, 1.54) is 12.1 Å². The zero-order chi connectivity index (χ0) is 15.0. The number of aromatic carboxylic acids is 1. The van der Waals surface area contributed by atoms with Crippen molar-refractivity contribution in [3.05, 3.63) is 35.8 Å². The fourth-order valence-electron chi connectivity index (χ4n) is 1.77. The average molecular weight is 289 g/mol. The van der Waals surface area contributed by atoms with Crippen LogP contribution in [0.2, 0.25) is 0 Å². The van der Waals surface area contributed by atoms with Crippen LogP contribution < -0.4 is 10.8 Å². The fourth-order valence-corrected chi connectivity index (χ4v) is 1.77. The summed E-state index contributed by atoms with van der Waals surface area (Å²) in [6, 6.07) is 5.05.